The second-order valence-corrected chi connectivity index (χ2v) is 28.8. The maximum Gasteiger partial charge on any atom is 0.410 e. The van der Waals surface area contributed by atoms with Crippen molar-refractivity contribution >= 4 is 59.5 Å². The van der Waals surface area contributed by atoms with E-state index in [1.807, 2.05) is 74.4 Å². The first kappa shape index (κ1) is 79.0. The van der Waals surface area contributed by atoms with Gasteiger partial charge in [-0.25, -0.2) is 33.6 Å². The number of aliphatic hydroxyl groups is 1. The van der Waals surface area contributed by atoms with Crippen LogP contribution < -0.4 is 19.5 Å². The second-order valence-electron chi connectivity index (χ2n) is 28.8. The lowest BCUT2D eigenvalue weighted by Gasteiger charge is -2.46. The van der Waals surface area contributed by atoms with Gasteiger partial charge in [-0.1, -0.05) is 36.4 Å². The molecule has 0 bridgehead atoms. The summed E-state index contributed by atoms with van der Waals surface area (Å²) in [6, 6.07) is 20.1. The van der Waals surface area contributed by atoms with Crippen LogP contribution in [0.15, 0.2) is 72.8 Å². The highest BCUT2D eigenvalue weighted by Crippen LogP contribution is 2.47. The van der Waals surface area contributed by atoms with Gasteiger partial charge in [0.15, 0.2) is 11.6 Å². The molecule has 1 unspecified atom stereocenters. The summed E-state index contributed by atoms with van der Waals surface area (Å²) < 4.78 is 53.7. The molecule has 4 aromatic rings. The third-order valence-corrected chi connectivity index (χ3v) is 17.8. The van der Waals surface area contributed by atoms with Crippen molar-refractivity contribution in [2.45, 2.75) is 186 Å². The molecule has 3 amide bonds. The number of fused-ring (bicyclic) bond motifs is 3. The van der Waals surface area contributed by atoms with E-state index in [9.17, 15) is 58.2 Å². The standard InChI is InChI=1S/C20H27NO6.C20H25NO6.C15H19NO3.C10H17NO3.C10H10O4/c2*1-19(2,3)27-18(24)21-10-8-20(9-11-21)12-15(22)13-6-5-7-14(16(13)26-20)17(23)25-4;1-18-14(17)12-4-2-3-11-5-6-15(19-13(11)12)7-9-16-10-8-15;1-10(2,3)14-9(13)11-6-4-8(12)5-7-11;1-6(11)7-4-3-5-8(9(7)12)10(13)14-2/h5-7,15,22H,8-12H2,1-4H3;5-7H,8-12H2,1-4H3;2-4,16H,5-10H2,1H3;4-7H2,1-3H3;3-5,12H,1-2H3. The minimum absolute atomic E-state index is 0.000185. The fourth-order valence-electron chi connectivity index (χ4n) is 12.5. The molecule has 4 fully saturated rings. The molecule has 11 rings (SSSR count). The summed E-state index contributed by atoms with van der Waals surface area (Å²) >= 11 is 0. The molecule has 4 saturated heterocycles. The molecule has 7 heterocycles. The number of ketones is 3. The first-order valence-electron chi connectivity index (χ1n) is 34.0. The van der Waals surface area contributed by atoms with E-state index in [1.54, 1.807) is 57.2 Å². The number of carbonyl (C=O) groups excluding carboxylic acids is 10. The van der Waals surface area contributed by atoms with E-state index in [0.29, 0.717) is 112 Å². The summed E-state index contributed by atoms with van der Waals surface area (Å²) in [6.07, 6.45) is 5.92. The molecule has 26 nitrogen and oxygen atoms in total. The van der Waals surface area contributed by atoms with Crippen molar-refractivity contribution in [3.05, 3.63) is 117 Å². The smallest absolute Gasteiger partial charge is 0.410 e. The van der Waals surface area contributed by atoms with Crippen LogP contribution in [0.25, 0.3) is 0 Å². The fourth-order valence-corrected chi connectivity index (χ4v) is 12.5. The molecule has 7 aliphatic heterocycles. The number of aryl methyl sites for hydroxylation is 1. The monoisotopic (exact) mass is 1410 g/mol. The molecular weight excluding hydrogens is 1310 g/mol. The average molecular weight is 1410 g/mol. The zero-order valence-electron chi connectivity index (χ0n) is 60.5. The number of aromatic hydroxyl groups is 1. The molecule has 3 spiro atoms. The predicted molar refractivity (Wildman–Crippen MR) is 368 cm³/mol. The van der Waals surface area contributed by atoms with Gasteiger partial charge in [0.05, 0.1) is 52.1 Å². The van der Waals surface area contributed by atoms with E-state index in [-0.39, 0.29) is 81.8 Å². The van der Waals surface area contributed by atoms with Crippen LogP contribution >= 0.6 is 0 Å². The van der Waals surface area contributed by atoms with E-state index in [1.165, 1.54) is 53.6 Å². The maximum absolute atomic E-state index is 12.7. The van der Waals surface area contributed by atoms with Crippen molar-refractivity contribution in [1.29, 1.82) is 0 Å². The number of aliphatic hydroxyl groups excluding tert-OH is 1. The molecular formula is C75H98N4O22. The summed E-state index contributed by atoms with van der Waals surface area (Å²) in [7, 11) is 5.23. The number of nitrogens with zero attached hydrogens (tertiary/aromatic N) is 3. The van der Waals surface area contributed by atoms with Gasteiger partial charge >= 0.3 is 42.2 Å². The van der Waals surface area contributed by atoms with E-state index < -0.39 is 52.0 Å². The molecule has 1 atom stereocenters. The number of phenolic OH excluding ortho intramolecular Hbond substituents is 1. The van der Waals surface area contributed by atoms with Crippen molar-refractivity contribution in [2.24, 2.45) is 0 Å². The number of nitrogens with one attached hydrogen (secondary N) is 1. The molecule has 0 aliphatic carbocycles. The van der Waals surface area contributed by atoms with Crippen molar-refractivity contribution < 1.29 is 106 Å². The molecule has 4 aromatic carbocycles. The Balaban J connectivity index is 0.000000182. The Morgan fingerprint density at radius 1 is 0.475 bits per heavy atom. The van der Waals surface area contributed by atoms with Crippen molar-refractivity contribution in [2.75, 3.05) is 80.8 Å². The highest BCUT2D eigenvalue weighted by Gasteiger charge is 2.48. The zero-order chi connectivity index (χ0) is 74.4. The Morgan fingerprint density at radius 3 is 1.36 bits per heavy atom. The number of hydrogen-bond donors (Lipinski definition) is 3. The number of likely N-dealkylation sites (tertiary alicyclic amines) is 3. The third kappa shape index (κ3) is 20.9. The number of esters is 4. The number of rotatable bonds is 5. The van der Waals surface area contributed by atoms with Gasteiger partial charge in [-0.15, -0.1) is 0 Å². The number of carbonyl (C=O) groups is 10. The van der Waals surface area contributed by atoms with Crippen LogP contribution in [0.2, 0.25) is 0 Å². The molecule has 26 heteroatoms. The summed E-state index contributed by atoms with van der Waals surface area (Å²) in [5.74, 6) is -1.07. The van der Waals surface area contributed by atoms with Gasteiger partial charge in [0.25, 0.3) is 0 Å². The number of para-hydroxylation sites is 4. The average Bonchev–Trinajstić information content (AvgIpc) is 0.769. The topological polar surface area (TPSA) is 325 Å². The SMILES string of the molecule is CC(C)(C)OC(=O)N1CCC(=O)CC1.COC(=O)c1cccc(C(C)=O)c1O.COC(=O)c1cccc2c1OC1(CCN(C(=O)OC(C)(C)C)CC1)CC2=O.COC(=O)c1cccc2c1OC1(CCN(C(=O)OC(C)(C)C)CC1)CC2O.COC(=O)c1cccc2c1OC1(CCNCC1)CC2. The Kier molecular flexibility index (Phi) is 26.2. The lowest BCUT2D eigenvalue weighted by molar-refractivity contribution is -0.121. The van der Waals surface area contributed by atoms with Gasteiger partial charge < -0.3 is 77.6 Å². The maximum atomic E-state index is 12.7. The lowest BCUT2D eigenvalue weighted by Crippen LogP contribution is -2.53. The summed E-state index contributed by atoms with van der Waals surface area (Å²) in [5.41, 5.74) is 0.354. The number of hydrogen-bond acceptors (Lipinski definition) is 23. The largest absolute Gasteiger partial charge is 0.506 e. The molecule has 0 saturated carbocycles. The molecule has 0 radical (unpaired) electrons. The second kappa shape index (κ2) is 33.5. The van der Waals surface area contributed by atoms with Crippen molar-refractivity contribution in [3.63, 3.8) is 0 Å². The summed E-state index contributed by atoms with van der Waals surface area (Å²) in [4.78, 5) is 123. The van der Waals surface area contributed by atoms with Crippen LogP contribution in [-0.4, -0.2) is 199 Å². The predicted octanol–water partition coefficient (Wildman–Crippen LogP) is 11.2. The van der Waals surface area contributed by atoms with Gasteiger partial charge in [0, 0.05) is 89.8 Å². The van der Waals surface area contributed by atoms with Crippen LogP contribution in [0.4, 0.5) is 14.4 Å². The Labute approximate surface area is 589 Å². The molecule has 3 N–H and O–H groups in total. The van der Waals surface area contributed by atoms with E-state index >= 15 is 0 Å². The van der Waals surface area contributed by atoms with Crippen LogP contribution in [0.1, 0.15) is 219 Å². The Hall–Kier alpha value is -9.30. The van der Waals surface area contributed by atoms with Crippen molar-refractivity contribution in [3.8, 4) is 23.0 Å². The van der Waals surface area contributed by atoms with Crippen LogP contribution in [-0.2, 0) is 44.4 Å². The number of piperidine rings is 4. The van der Waals surface area contributed by atoms with E-state index in [0.717, 1.165) is 50.1 Å². The first-order chi connectivity index (χ1) is 47.5. The quantitative estimate of drug-likeness (QED) is 0.0949. The van der Waals surface area contributed by atoms with Gasteiger partial charge in [0.1, 0.15) is 84.6 Å². The van der Waals surface area contributed by atoms with Gasteiger partial charge in [0.2, 0.25) is 0 Å². The molecule has 550 valence electrons. The van der Waals surface area contributed by atoms with E-state index in [2.05, 4.69) is 10.1 Å². The highest BCUT2D eigenvalue weighted by molar-refractivity contribution is 6.05. The van der Waals surface area contributed by atoms with E-state index in [4.69, 9.17) is 42.6 Å². The molecule has 0 aromatic heterocycles. The number of methoxy groups -OCH3 is 4. The highest BCUT2D eigenvalue weighted by atomic mass is 16.6. The van der Waals surface area contributed by atoms with Crippen LogP contribution in [0.3, 0.4) is 0 Å². The van der Waals surface area contributed by atoms with Crippen LogP contribution in [0, 0.1) is 0 Å². The number of amides is 3. The minimum atomic E-state index is -0.730. The van der Waals surface area contributed by atoms with Crippen LogP contribution in [0.5, 0.6) is 23.0 Å². The molecule has 101 heavy (non-hydrogen) atoms. The number of ether oxygens (including phenoxy) is 10. The number of phenols is 1. The number of Topliss-reactive ketones (excluding diaryl/α,β-unsaturated/α-hetero) is 3. The van der Waals surface area contributed by atoms with Gasteiger partial charge in [-0.2, -0.15) is 0 Å². The molecule has 7 aliphatic rings. The number of benzene rings is 4. The lowest BCUT2D eigenvalue weighted by atomic mass is 9.81. The Morgan fingerprint density at radius 2 is 0.871 bits per heavy atom. The van der Waals surface area contributed by atoms with Gasteiger partial charge in [-0.3, -0.25) is 14.4 Å². The summed E-state index contributed by atoms with van der Waals surface area (Å²) in [6.45, 7) is 22.5. The fraction of sp³-hybridized carbons (Fsp3) is 0.547. The normalized spacial score (nSPS) is 18.3. The zero-order valence-corrected chi connectivity index (χ0v) is 60.5. The van der Waals surface area contributed by atoms with Gasteiger partial charge in [-0.05, 0) is 150 Å². The third-order valence-electron chi connectivity index (χ3n) is 17.8. The first-order valence-corrected chi connectivity index (χ1v) is 34.0. The van der Waals surface area contributed by atoms with Crippen molar-refractivity contribution in [1.82, 2.24) is 20.0 Å². The Bertz CT molecular complexity index is 3680. The summed E-state index contributed by atoms with van der Waals surface area (Å²) in [5, 5.41) is 23.5. The minimum Gasteiger partial charge on any atom is -0.506 e.